The molecule has 0 aliphatic rings. The normalized spacial score (nSPS) is 11.8. The molecule has 0 bridgehead atoms. The fourth-order valence-electron chi connectivity index (χ4n) is 3.25. The van der Waals surface area contributed by atoms with E-state index in [0.717, 1.165) is 16.7 Å². The van der Waals surface area contributed by atoms with Crippen molar-refractivity contribution in [3.63, 3.8) is 0 Å². The molecule has 1 amide bonds. The van der Waals surface area contributed by atoms with Crippen LogP contribution >= 0.6 is 23.2 Å². The SMILES string of the molecule is CNC(=O)COc1cc(Cl)c(Cc2ccc(O)c(C(C)c3ccc(F)cc3)c2)c(Cl)c1. The van der Waals surface area contributed by atoms with Crippen LogP contribution in [0.25, 0.3) is 0 Å². The zero-order valence-corrected chi connectivity index (χ0v) is 18.6. The summed E-state index contributed by atoms with van der Waals surface area (Å²) in [5.41, 5.74) is 3.23. The van der Waals surface area contributed by atoms with Crippen molar-refractivity contribution in [2.24, 2.45) is 0 Å². The third-order valence-electron chi connectivity index (χ3n) is 5.07. The average molecular weight is 462 g/mol. The van der Waals surface area contributed by atoms with Crippen molar-refractivity contribution >= 4 is 29.1 Å². The van der Waals surface area contributed by atoms with Gasteiger partial charge >= 0.3 is 0 Å². The number of rotatable bonds is 7. The van der Waals surface area contributed by atoms with Gasteiger partial charge in [-0.2, -0.15) is 0 Å². The maximum atomic E-state index is 13.2. The maximum absolute atomic E-state index is 13.2. The number of benzene rings is 3. The zero-order valence-electron chi connectivity index (χ0n) is 17.1. The molecule has 3 aromatic carbocycles. The highest BCUT2D eigenvalue weighted by molar-refractivity contribution is 6.36. The van der Waals surface area contributed by atoms with Crippen LogP contribution in [-0.2, 0) is 11.2 Å². The number of nitrogens with one attached hydrogen (secondary N) is 1. The molecular weight excluding hydrogens is 440 g/mol. The third kappa shape index (κ3) is 5.69. The lowest BCUT2D eigenvalue weighted by Crippen LogP contribution is -2.24. The molecule has 0 aliphatic carbocycles. The summed E-state index contributed by atoms with van der Waals surface area (Å²) in [6, 6.07) is 14.8. The van der Waals surface area contributed by atoms with E-state index in [9.17, 15) is 14.3 Å². The van der Waals surface area contributed by atoms with E-state index in [1.165, 1.54) is 19.2 Å². The molecule has 162 valence electrons. The molecule has 2 N–H and O–H groups in total. The first kappa shape index (κ1) is 22.9. The molecule has 0 heterocycles. The van der Waals surface area contributed by atoms with Crippen molar-refractivity contribution in [3.05, 3.63) is 92.7 Å². The first-order valence-corrected chi connectivity index (χ1v) is 10.4. The van der Waals surface area contributed by atoms with Crippen molar-refractivity contribution in [1.82, 2.24) is 5.32 Å². The van der Waals surface area contributed by atoms with Gasteiger partial charge in [0.15, 0.2) is 6.61 Å². The van der Waals surface area contributed by atoms with Gasteiger partial charge in [0.25, 0.3) is 5.91 Å². The predicted molar refractivity (Wildman–Crippen MR) is 121 cm³/mol. The number of halogens is 3. The van der Waals surface area contributed by atoms with Crippen molar-refractivity contribution < 1.29 is 19.0 Å². The highest BCUT2D eigenvalue weighted by Gasteiger charge is 2.16. The minimum atomic E-state index is -0.305. The molecule has 1 atom stereocenters. The molecule has 0 aliphatic heterocycles. The van der Waals surface area contributed by atoms with Gasteiger partial charge in [-0.15, -0.1) is 0 Å². The van der Waals surface area contributed by atoms with Crippen molar-refractivity contribution in [1.29, 1.82) is 0 Å². The molecule has 0 radical (unpaired) electrons. The van der Waals surface area contributed by atoms with Crippen molar-refractivity contribution in [2.45, 2.75) is 19.3 Å². The lowest BCUT2D eigenvalue weighted by molar-refractivity contribution is -0.122. The van der Waals surface area contributed by atoms with Crippen LogP contribution in [0.2, 0.25) is 10.0 Å². The molecule has 0 spiro atoms. The number of carbonyl (C=O) groups excluding carboxylic acids is 1. The molecule has 7 heteroatoms. The Balaban J connectivity index is 1.83. The number of phenolic OH excluding ortho intramolecular Hbond substituents is 1. The van der Waals surface area contributed by atoms with Crippen LogP contribution in [0.1, 0.15) is 35.1 Å². The van der Waals surface area contributed by atoms with Gasteiger partial charge in [0, 0.05) is 35.0 Å². The molecule has 0 aromatic heterocycles. The largest absolute Gasteiger partial charge is 0.508 e. The highest BCUT2D eigenvalue weighted by Crippen LogP contribution is 2.35. The standard InChI is InChI=1S/C24H22Cl2FNO3/c1-14(16-4-6-17(27)7-5-16)19-9-15(3-8-23(19)29)10-20-21(25)11-18(12-22(20)26)31-13-24(30)28-2/h3-9,11-12,14,29H,10,13H2,1-2H3,(H,28,30). The summed E-state index contributed by atoms with van der Waals surface area (Å²) in [7, 11) is 1.53. The topological polar surface area (TPSA) is 58.6 Å². The second-order valence-corrected chi connectivity index (χ2v) is 7.98. The summed E-state index contributed by atoms with van der Waals surface area (Å²) in [5.74, 6) is -0.134. The Hall–Kier alpha value is -2.76. The smallest absolute Gasteiger partial charge is 0.257 e. The minimum Gasteiger partial charge on any atom is -0.508 e. The number of aromatic hydroxyl groups is 1. The van der Waals surface area contributed by atoms with E-state index in [4.69, 9.17) is 27.9 Å². The predicted octanol–water partition coefficient (Wildman–Crippen LogP) is 5.71. The van der Waals surface area contributed by atoms with Crippen LogP contribution in [0.15, 0.2) is 54.6 Å². The molecule has 0 saturated carbocycles. The third-order valence-corrected chi connectivity index (χ3v) is 5.75. The van der Waals surface area contributed by atoms with Gasteiger partial charge in [0.1, 0.15) is 17.3 Å². The number of hydrogen-bond donors (Lipinski definition) is 2. The first-order valence-electron chi connectivity index (χ1n) is 9.67. The van der Waals surface area contributed by atoms with Crippen molar-refractivity contribution in [2.75, 3.05) is 13.7 Å². The van der Waals surface area contributed by atoms with E-state index >= 15 is 0 Å². The van der Waals surface area contributed by atoms with Crippen molar-refractivity contribution in [3.8, 4) is 11.5 Å². The highest BCUT2D eigenvalue weighted by atomic mass is 35.5. The number of carbonyl (C=O) groups is 1. The summed E-state index contributed by atoms with van der Waals surface area (Å²) >= 11 is 12.9. The Morgan fingerprint density at radius 3 is 2.35 bits per heavy atom. The van der Waals surface area contributed by atoms with Gasteiger partial charge in [-0.3, -0.25) is 4.79 Å². The Morgan fingerprint density at radius 1 is 1.10 bits per heavy atom. The zero-order chi connectivity index (χ0) is 22.5. The quantitative estimate of drug-likeness (QED) is 0.473. The van der Waals surface area contributed by atoms with Crippen LogP contribution in [0.4, 0.5) is 4.39 Å². The number of likely N-dealkylation sites (N-methyl/N-ethyl adjacent to an activating group) is 1. The number of amides is 1. The molecule has 0 fully saturated rings. The second kappa shape index (κ2) is 10.0. The van der Waals surface area contributed by atoms with Gasteiger partial charge in [-0.1, -0.05) is 54.4 Å². The fraction of sp³-hybridized carbons (Fsp3) is 0.208. The van der Waals surface area contributed by atoms with Crippen LogP contribution in [0.5, 0.6) is 11.5 Å². The van der Waals surface area contributed by atoms with E-state index in [1.807, 2.05) is 13.0 Å². The average Bonchev–Trinajstić information content (AvgIpc) is 2.75. The summed E-state index contributed by atoms with van der Waals surface area (Å²) in [4.78, 5) is 11.4. The minimum absolute atomic E-state index is 0.132. The lowest BCUT2D eigenvalue weighted by Gasteiger charge is -2.16. The summed E-state index contributed by atoms with van der Waals surface area (Å²) < 4.78 is 18.7. The van der Waals surface area contributed by atoms with Gasteiger partial charge in [-0.05, 0) is 47.0 Å². The first-order chi connectivity index (χ1) is 14.8. The Morgan fingerprint density at radius 2 is 1.74 bits per heavy atom. The summed E-state index contributed by atoms with van der Waals surface area (Å²) in [6.07, 6.45) is 0.441. The second-order valence-electron chi connectivity index (χ2n) is 7.17. The van der Waals surface area contributed by atoms with E-state index in [0.29, 0.717) is 27.8 Å². The van der Waals surface area contributed by atoms with Crippen LogP contribution < -0.4 is 10.1 Å². The molecule has 1 unspecified atom stereocenters. The van der Waals surface area contributed by atoms with Crippen LogP contribution in [0.3, 0.4) is 0 Å². The Labute approximate surface area is 190 Å². The van der Waals surface area contributed by atoms with E-state index < -0.39 is 0 Å². The monoisotopic (exact) mass is 461 g/mol. The van der Waals surface area contributed by atoms with Crippen LogP contribution in [-0.4, -0.2) is 24.7 Å². The van der Waals surface area contributed by atoms with Gasteiger partial charge in [0.05, 0.1) is 0 Å². The molecule has 0 saturated heterocycles. The maximum Gasteiger partial charge on any atom is 0.257 e. The molecule has 4 nitrogen and oxygen atoms in total. The summed E-state index contributed by atoms with van der Waals surface area (Å²) in [6.45, 7) is 1.82. The summed E-state index contributed by atoms with van der Waals surface area (Å²) in [5, 5.41) is 13.7. The van der Waals surface area contributed by atoms with E-state index in [1.54, 1.807) is 36.4 Å². The van der Waals surface area contributed by atoms with E-state index in [-0.39, 0.29) is 30.0 Å². The van der Waals surface area contributed by atoms with Gasteiger partial charge in [0.2, 0.25) is 0 Å². The number of phenols is 1. The molecule has 3 aromatic rings. The lowest BCUT2D eigenvalue weighted by atomic mass is 9.90. The van der Waals surface area contributed by atoms with Crippen LogP contribution in [0, 0.1) is 5.82 Å². The Bertz CT molecular complexity index is 1060. The van der Waals surface area contributed by atoms with E-state index in [2.05, 4.69) is 5.32 Å². The van der Waals surface area contributed by atoms with Gasteiger partial charge < -0.3 is 15.2 Å². The molecule has 31 heavy (non-hydrogen) atoms. The molecule has 3 rings (SSSR count). The molecular formula is C24H22Cl2FNO3. The Kier molecular flexibility index (Phi) is 7.42. The number of ether oxygens (including phenoxy) is 1. The van der Waals surface area contributed by atoms with Gasteiger partial charge in [-0.25, -0.2) is 4.39 Å². The number of hydrogen-bond acceptors (Lipinski definition) is 3. The fourth-order valence-corrected chi connectivity index (χ4v) is 3.85.